The Kier molecular flexibility index (Phi) is 10.3. The fraction of sp³-hybridized carbons (Fsp3) is 0.522. The highest BCUT2D eigenvalue weighted by atomic mass is 16.6. The van der Waals surface area contributed by atoms with E-state index in [1.807, 2.05) is 6.92 Å². The molecule has 1 fully saturated rings. The molecule has 3 atom stereocenters. The van der Waals surface area contributed by atoms with Crippen LogP contribution in [0.4, 0.5) is 9.59 Å². The summed E-state index contributed by atoms with van der Waals surface area (Å²) in [7, 11) is 2.77. The summed E-state index contributed by atoms with van der Waals surface area (Å²) in [5.41, 5.74) is 6.87. The van der Waals surface area contributed by atoms with Crippen molar-refractivity contribution in [2.45, 2.75) is 50.8 Å². The van der Waals surface area contributed by atoms with Gasteiger partial charge in [-0.1, -0.05) is 37.6 Å². The summed E-state index contributed by atoms with van der Waals surface area (Å²) in [6, 6.07) is 5.48. The van der Waals surface area contributed by atoms with Crippen LogP contribution in [0.3, 0.4) is 0 Å². The number of carbonyl (C=O) groups excluding carboxylic acids is 4. The van der Waals surface area contributed by atoms with Crippen LogP contribution in [0, 0.1) is 5.41 Å². The molecule has 0 saturated carbocycles. The minimum absolute atomic E-state index is 0.0588. The molecule has 0 bridgehead atoms. The Balaban J connectivity index is 1.95. The van der Waals surface area contributed by atoms with E-state index in [2.05, 4.69) is 15.4 Å². The molecule has 0 unspecified atom stereocenters. The first-order valence-electron chi connectivity index (χ1n) is 11.3. The standard InChI is InChI=1S/C23H33N5O7/c1-4-5-10-34-22(31)27-17(21(30)33-3)13-26-19(29)12-16-11-18(28(2)23(32)35-16)14-6-8-15(9-7-14)20(24)25/h6-9,16-18H,4-5,10-13H2,1-3H3,(H3,24,25)(H,26,29)(H,27,31)/t16-,17+,18+/m1/s1. The van der Waals surface area contributed by atoms with Crippen molar-refractivity contribution < 1.29 is 33.4 Å². The van der Waals surface area contributed by atoms with Crippen molar-refractivity contribution in [1.82, 2.24) is 15.5 Å². The number of methoxy groups -OCH3 is 1. The van der Waals surface area contributed by atoms with E-state index in [0.717, 1.165) is 12.0 Å². The van der Waals surface area contributed by atoms with E-state index in [0.29, 0.717) is 18.4 Å². The van der Waals surface area contributed by atoms with Gasteiger partial charge in [-0.25, -0.2) is 14.4 Å². The lowest BCUT2D eigenvalue weighted by Crippen LogP contribution is -2.50. The second-order valence-electron chi connectivity index (χ2n) is 8.12. The van der Waals surface area contributed by atoms with Crippen molar-refractivity contribution in [3.05, 3.63) is 35.4 Å². The highest BCUT2D eigenvalue weighted by Gasteiger charge is 2.35. The molecule has 1 aromatic carbocycles. The van der Waals surface area contributed by atoms with Gasteiger partial charge in [0, 0.05) is 25.6 Å². The first kappa shape index (κ1) is 27.4. The Morgan fingerprint density at radius 1 is 1.29 bits per heavy atom. The largest absolute Gasteiger partial charge is 0.467 e. The molecule has 0 aliphatic carbocycles. The van der Waals surface area contributed by atoms with Gasteiger partial charge in [0.2, 0.25) is 5.91 Å². The zero-order valence-corrected chi connectivity index (χ0v) is 20.2. The molecule has 35 heavy (non-hydrogen) atoms. The average Bonchev–Trinajstić information content (AvgIpc) is 2.83. The number of nitrogen functional groups attached to an aromatic ring is 1. The smallest absolute Gasteiger partial charge is 0.410 e. The maximum atomic E-state index is 12.5. The van der Waals surface area contributed by atoms with Gasteiger partial charge in [-0.15, -0.1) is 0 Å². The highest BCUT2D eigenvalue weighted by molar-refractivity contribution is 5.94. The minimum Gasteiger partial charge on any atom is -0.467 e. The fourth-order valence-electron chi connectivity index (χ4n) is 3.50. The molecule has 1 aliphatic rings. The molecule has 1 aliphatic heterocycles. The first-order chi connectivity index (χ1) is 16.7. The summed E-state index contributed by atoms with van der Waals surface area (Å²) in [5, 5.41) is 12.4. The molecule has 12 nitrogen and oxygen atoms in total. The number of esters is 1. The number of nitrogens with one attached hydrogen (secondary N) is 3. The molecule has 192 valence electrons. The van der Waals surface area contributed by atoms with Gasteiger partial charge in [-0.05, 0) is 12.0 Å². The molecule has 3 amide bonds. The number of amides is 3. The van der Waals surface area contributed by atoms with Crippen molar-refractivity contribution in [1.29, 1.82) is 5.41 Å². The fourth-order valence-corrected chi connectivity index (χ4v) is 3.50. The van der Waals surface area contributed by atoms with Crippen LogP contribution in [0.25, 0.3) is 0 Å². The van der Waals surface area contributed by atoms with Crippen molar-refractivity contribution in [2.24, 2.45) is 5.73 Å². The van der Waals surface area contributed by atoms with Crippen LogP contribution in [-0.4, -0.2) is 74.3 Å². The summed E-state index contributed by atoms with van der Waals surface area (Å²) in [5.74, 6) is -1.26. The summed E-state index contributed by atoms with van der Waals surface area (Å²) < 4.78 is 15.0. The second kappa shape index (κ2) is 13.2. The molecular weight excluding hydrogens is 458 g/mol. The summed E-state index contributed by atoms with van der Waals surface area (Å²) in [6.07, 6.45) is -0.294. The van der Waals surface area contributed by atoms with Gasteiger partial charge in [-0.2, -0.15) is 0 Å². The number of hydrogen-bond donors (Lipinski definition) is 4. The van der Waals surface area contributed by atoms with Crippen molar-refractivity contribution >= 4 is 29.9 Å². The van der Waals surface area contributed by atoms with E-state index in [4.69, 9.17) is 20.6 Å². The van der Waals surface area contributed by atoms with Gasteiger partial charge in [0.05, 0.1) is 26.2 Å². The van der Waals surface area contributed by atoms with Crippen molar-refractivity contribution in [3.63, 3.8) is 0 Å². The van der Waals surface area contributed by atoms with Gasteiger partial charge >= 0.3 is 18.2 Å². The third-order valence-electron chi connectivity index (χ3n) is 5.54. The lowest BCUT2D eigenvalue weighted by molar-refractivity contribution is -0.143. The molecule has 0 radical (unpaired) electrons. The van der Waals surface area contributed by atoms with E-state index >= 15 is 0 Å². The number of cyclic esters (lactones) is 1. The third kappa shape index (κ3) is 8.16. The zero-order chi connectivity index (χ0) is 26.0. The van der Waals surface area contributed by atoms with Crippen LogP contribution in [0.1, 0.15) is 49.8 Å². The summed E-state index contributed by atoms with van der Waals surface area (Å²) >= 11 is 0. The van der Waals surface area contributed by atoms with E-state index in [1.165, 1.54) is 12.0 Å². The maximum Gasteiger partial charge on any atom is 0.410 e. The number of amidine groups is 1. The van der Waals surface area contributed by atoms with Crippen molar-refractivity contribution in [2.75, 3.05) is 27.3 Å². The zero-order valence-electron chi connectivity index (χ0n) is 20.2. The minimum atomic E-state index is -1.13. The molecular formula is C23H33N5O7. The first-order valence-corrected chi connectivity index (χ1v) is 11.3. The van der Waals surface area contributed by atoms with Crippen molar-refractivity contribution in [3.8, 4) is 0 Å². The summed E-state index contributed by atoms with van der Waals surface area (Å²) in [4.78, 5) is 50.2. The molecule has 1 heterocycles. The van der Waals surface area contributed by atoms with Gasteiger partial charge in [0.1, 0.15) is 18.0 Å². The highest BCUT2D eigenvalue weighted by Crippen LogP contribution is 2.31. The predicted octanol–water partition coefficient (Wildman–Crippen LogP) is 1.43. The van der Waals surface area contributed by atoms with E-state index in [1.54, 1.807) is 31.3 Å². The monoisotopic (exact) mass is 491 g/mol. The third-order valence-corrected chi connectivity index (χ3v) is 5.54. The van der Waals surface area contributed by atoms with Gasteiger partial charge in [0.25, 0.3) is 0 Å². The van der Waals surface area contributed by atoms with Gasteiger partial charge in [0.15, 0.2) is 0 Å². The van der Waals surface area contributed by atoms with Crippen LogP contribution >= 0.6 is 0 Å². The Bertz CT molecular complexity index is 921. The van der Waals surface area contributed by atoms with E-state index < -0.39 is 36.2 Å². The predicted molar refractivity (Wildman–Crippen MR) is 126 cm³/mol. The molecule has 0 spiro atoms. The van der Waals surface area contributed by atoms with E-state index in [-0.39, 0.29) is 31.4 Å². The normalized spacial score (nSPS) is 18.1. The van der Waals surface area contributed by atoms with Crippen LogP contribution in [-0.2, 0) is 23.8 Å². The Labute approximate surface area is 204 Å². The van der Waals surface area contributed by atoms with Gasteiger partial charge < -0.3 is 35.5 Å². The Hall–Kier alpha value is -3.83. The lowest BCUT2D eigenvalue weighted by Gasteiger charge is -2.36. The number of alkyl carbamates (subject to hydrolysis) is 1. The van der Waals surface area contributed by atoms with Gasteiger partial charge in [-0.3, -0.25) is 10.2 Å². The molecule has 0 aromatic heterocycles. The van der Waals surface area contributed by atoms with Crippen LogP contribution in [0.2, 0.25) is 0 Å². The Morgan fingerprint density at radius 3 is 2.57 bits per heavy atom. The Morgan fingerprint density at radius 2 is 1.97 bits per heavy atom. The molecule has 1 aromatic rings. The molecule has 1 saturated heterocycles. The maximum absolute atomic E-state index is 12.5. The van der Waals surface area contributed by atoms with Crippen LogP contribution in [0.15, 0.2) is 24.3 Å². The number of carbonyl (C=O) groups is 4. The average molecular weight is 492 g/mol. The second-order valence-corrected chi connectivity index (χ2v) is 8.12. The molecule has 12 heteroatoms. The quantitative estimate of drug-likeness (QED) is 0.118. The number of rotatable bonds is 11. The summed E-state index contributed by atoms with van der Waals surface area (Å²) in [6.45, 7) is 1.94. The number of unbranched alkanes of at least 4 members (excludes halogenated alkanes) is 1. The molecule has 2 rings (SSSR count). The number of nitrogens with zero attached hydrogens (tertiary/aromatic N) is 1. The van der Waals surface area contributed by atoms with E-state index in [9.17, 15) is 19.2 Å². The molecule has 5 N–H and O–H groups in total. The lowest BCUT2D eigenvalue weighted by atomic mass is 9.95. The number of ether oxygens (including phenoxy) is 3. The van der Waals surface area contributed by atoms with Crippen LogP contribution in [0.5, 0.6) is 0 Å². The SMILES string of the molecule is CCCCOC(=O)N[C@@H](CNC(=O)C[C@H]1C[C@@H](c2ccc(C(=N)N)cc2)N(C)C(=O)O1)C(=O)OC. The number of nitrogens with two attached hydrogens (primary N) is 1. The topological polar surface area (TPSA) is 173 Å². The number of benzene rings is 1. The number of hydrogen-bond acceptors (Lipinski definition) is 8. The van der Waals surface area contributed by atoms with Crippen LogP contribution < -0.4 is 16.4 Å².